The van der Waals surface area contributed by atoms with Crippen molar-refractivity contribution in [2.45, 2.75) is 18.7 Å². The first-order chi connectivity index (χ1) is 8.20. The second-order valence-corrected chi connectivity index (χ2v) is 4.46. The van der Waals surface area contributed by atoms with E-state index in [4.69, 9.17) is 20.8 Å². The number of methoxy groups -OCH3 is 1. The maximum absolute atomic E-state index is 6.33. The molecule has 0 fully saturated rings. The number of ether oxygens (including phenoxy) is 1. The minimum absolute atomic E-state index is 0.167. The van der Waals surface area contributed by atoms with Crippen molar-refractivity contribution in [1.29, 1.82) is 0 Å². The molecular weight excluding hydrogens is 236 g/mol. The van der Waals surface area contributed by atoms with Gasteiger partial charge in [0, 0.05) is 0 Å². The molecule has 0 saturated heterocycles. The van der Waals surface area contributed by atoms with Crippen LogP contribution < -0.4 is 4.74 Å². The van der Waals surface area contributed by atoms with Gasteiger partial charge in [0.05, 0.1) is 12.5 Å². The topological polar surface area (TPSA) is 22.4 Å². The average Bonchev–Trinajstić information content (AvgIpc) is 2.77. The van der Waals surface area contributed by atoms with Gasteiger partial charge in [0.25, 0.3) is 0 Å². The SMILES string of the molecule is COc1ccccc1CC(Cl)c1ccc(C)o1. The van der Waals surface area contributed by atoms with E-state index in [0.717, 1.165) is 22.8 Å². The summed E-state index contributed by atoms with van der Waals surface area (Å²) >= 11 is 6.33. The van der Waals surface area contributed by atoms with Crippen molar-refractivity contribution in [2.75, 3.05) is 7.11 Å². The van der Waals surface area contributed by atoms with Crippen molar-refractivity contribution < 1.29 is 9.15 Å². The number of aryl methyl sites for hydroxylation is 1. The summed E-state index contributed by atoms with van der Waals surface area (Å²) in [5.74, 6) is 2.54. The summed E-state index contributed by atoms with van der Waals surface area (Å²) in [6.45, 7) is 1.91. The molecule has 1 aromatic carbocycles. The zero-order valence-electron chi connectivity index (χ0n) is 9.94. The number of benzene rings is 1. The highest BCUT2D eigenvalue weighted by molar-refractivity contribution is 6.20. The van der Waals surface area contributed by atoms with Crippen LogP contribution in [-0.4, -0.2) is 7.11 Å². The summed E-state index contributed by atoms with van der Waals surface area (Å²) in [6.07, 6.45) is 0.693. The molecule has 2 aromatic rings. The van der Waals surface area contributed by atoms with Crippen molar-refractivity contribution in [3.8, 4) is 5.75 Å². The minimum atomic E-state index is -0.167. The van der Waals surface area contributed by atoms with Crippen LogP contribution >= 0.6 is 11.6 Å². The Labute approximate surface area is 106 Å². The highest BCUT2D eigenvalue weighted by Crippen LogP contribution is 2.30. The fraction of sp³-hybridized carbons (Fsp3) is 0.286. The number of furan rings is 1. The van der Waals surface area contributed by atoms with Gasteiger partial charge in [-0.1, -0.05) is 18.2 Å². The van der Waals surface area contributed by atoms with Crippen LogP contribution in [0.4, 0.5) is 0 Å². The van der Waals surface area contributed by atoms with Crippen molar-refractivity contribution >= 4 is 11.6 Å². The fourth-order valence-electron chi connectivity index (χ4n) is 1.79. The van der Waals surface area contributed by atoms with E-state index in [-0.39, 0.29) is 5.38 Å². The quantitative estimate of drug-likeness (QED) is 0.762. The summed E-state index contributed by atoms with van der Waals surface area (Å²) in [6, 6.07) is 11.7. The summed E-state index contributed by atoms with van der Waals surface area (Å²) in [7, 11) is 1.67. The number of halogens is 1. The lowest BCUT2D eigenvalue weighted by molar-refractivity contribution is 0.408. The van der Waals surface area contributed by atoms with Crippen LogP contribution in [0.3, 0.4) is 0 Å². The maximum Gasteiger partial charge on any atom is 0.122 e. The van der Waals surface area contributed by atoms with Crippen LogP contribution in [0.5, 0.6) is 5.75 Å². The number of hydrogen-bond donors (Lipinski definition) is 0. The van der Waals surface area contributed by atoms with Crippen molar-refractivity contribution in [2.24, 2.45) is 0 Å². The van der Waals surface area contributed by atoms with Crippen LogP contribution in [-0.2, 0) is 6.42 Å². The van der Waals surface area contributed by atoms with E-state index in [0.29, 0.717) is 6.42 Å². The predicted octanol–water partition coefficient (Wildman–Crippen LogP) is 4.12. The van der Waals surface area contributed by atoms with Gasteiger partial charge in [-0.05, 0) is 37.1 Å². The fourth-order valence-corrected chi connectivity index (χ4v) is 2.07. The number of alkyl halides is 1. The Morgan fingerprint density at radius 2 is 2.00 bits per heavy atom. The molecule has 1 heterocycles. The molecule has 0 spiro atoms. The van der Waals surface area contributed by atoms with E-state index in [1.54, 1.807) is 7.11 Å². The molecule has 1 atom stereocenters. The lowest BCUT2D eigenvalue weighted by Gasteiger charge is -2.10. The van der Waals surface area contributed by atoms with Crippen molar-refractivity contribution in [1.82, 2.24) is 0 Å². The zero-order valence-corrected chi connectivity index (χ0v) is 10.7. The molecule has 1 unspecified atom stereocenters. The standard InChI is InChI=1S/C14H15ClO2/c1-10-7-8-14(17-10)12(15)9-11-5-3-4-6-13(11)16-2/h3-8,12H,9H2,1-2H3. The van der Waals surface area contributed by atoms with E-state index in [1.165, 1.54) is 0 Å². The molecule has 0 amide bonds. The zero-order chi connectivity index (χ0) is 12.3. The minimum Gasteiger partial charge on any atom is -0.496 e. The van der Waals surface area contributed by atoms with Crippen molar-refractivity contribution in [3.05, 3.63) is 53.5 Å². The van der Waals surface area contributed by atoms with Crippen LogP contribution in [0.25, 0.3) is 0 Å². The molecule has 0 N–H and O–H groups in total. The van der Waals surface area contributed by atoms with Gasteiger partial charge in [0.1, 0.15) is 17.3 Å². The Balaban J connectivity index is 2.15. The van der Waals surface area contributed by atoms with E-state index in [9.17, 15) is 0 Å². The van der Waals surface area contributed by atoms with Crippen LogP contribution in [0, 0.1) is 6.92 Å². The van der Waals surface area contributed by atoms with Crippen LogP contribution in [0.1, 0.15) is 22.5 Å². The normalized spacial score (nSPS) is 12.4. The molecule has 0 aliphatic heterocycles. The van der Waals surface area contributed by atoms with Crippen LogP contribution in [0.15, 0.2) is 40.8 Å². The summed E-state index contributed by atoms with van der Waals surface area (Å²) in [5.41, 5.74) is 1.09. The highest BCUT2D eigenvalue weighted by atomic mass is 35.5. The maximum atomic E-state index is 6.33. The van der Waals surface area contributed by atoms with Crippen molar-refractivity contribution in [3.63, 3.8) is 0 Å². The van der Waals surface area contributed by atoms with Gasteiger partial charge in [-0.3, -0.25) is 0 Å². The number of para-hydroxylation sites is 1. The number of hydrogen-bond acceptors (Lipinski definition) is 2. The Hall–Kier alpha value is -1.41. The summed E-state index contributed by atoms with van der Waals surface area (Å²) < 4.78 is 10.8. The van der Waals surface area contributed by atoms with E-state index >= 15 is 0 Å². The van der Waals surface area contributed by atoms with Gasteiger partial charge < -0.3 is 9.15 Å². The third kappa shape index (κ3) is 2.83. The molecule has 1 aromatic heterocycles. The Morgan fingerprint density at radius 1 is 1.24 bits per heavy atom. The smallest absolute Gasteiger partial charge is 0.122 e. The molecule has 2 rings (SSSR count). The van der Waals surface area contributed by atoms with Gasteiger partial charge in [-0.2, -0.15) is 0 Å². The Kier molecular flexibility index (Phi) is 3.75. The first kappa shape index (κ1) is 12.1. The summed E-state index contributed by atoms with van der Waals surface area (Å²) in [5, 5.41) is -0.167. The van der Waals surface area contributed by atoms with E-state index in [2.05, 4.69) is 0 Å². The monoisotopic (exact) mass is 250 g/mol. The molecule has 0 aliphatic rings. The Morgan fingerprint density at radius 3 is 2.65 bits per heavy atom. The Bertz CT molecular complexity index is 490. The molecule has 2 nitrogen and oxygen atoms in total. The second kappa shape index (κ2) is 5.28. The van der Waals surface area contributed by atoms with E-state index < -0.39 is 0 Å². The third-order valence-corrected chi connectivity index (χ3v) is 3.03. The molecule has 0 radical (unpaired) electrons. The molecule has 17 heavy (non-hydrogen) atoms. The lowest BCUT2D eigenvalue weighted by Crippen LogP contribution is -1.97. The molecule has 3 heteroatoms. The third-order valence-electron chi connectivity index (χ3n) is 2.66. The average molecular weight is 251 g/mol. The van der Waals surface area contributed by atoms with Gasteiger partial charge in [0.2, 0.25) is 0 Å². The number of rotatable bonds is 4. The highest BCUT2D eigenvalue weighted by Gasteiger charge is 2.14. The lowest BCUT2D eigenvalue weighted by atomic mass is 10.1. The van der Waals surface area contributed by atoms with E-state index in [1.807, 2.05) is 43.3 Å². The van der Waals surface area contributed by atoms with Gasteiger partial charge in [-0.25, -0.2) is 0 Å². The van der Waals surface area contributed by atoms with Gasteiger partial charge >= 0.3 is 0 Å². The van der Waals surface area contributed by atoms with Gasteiger partial charge in [0.15, 0.2) is 0 Å². The first-order valence-corrected chi connectivity index (χ1v) is 5.96. The predicted molar refractivity (Wildman–Crippen MR) is 68.7 cm³/mol. The van der Waals surface area contributed by atoms with Gasteiger partial charge in [-0.15, -0.1) is 11.6 Å². The molecule has 0 aliphatic carbocycles. The van der Waals surface area contributed by atoms with Crippen LogP contribution in [0.2, 0.25) is 0 Å². The molecular formula is C14H15ClO2. The largest absolute Gasteiger partial charge is 0.496 e. The first-order valence-electron chi connectivity index (χ1n) is 5.53. The second-order valence-electron chi connectivity index (χ2n) is 3.93. The molecule has 0 saturated carbocycles. The summed E-state index contributed by atoms with van der Waals surface area (Å²) in [4.78, 5) is 0. The molecule has 0 bridgehead atoms. The molecule has 90 valence electrons.